The van der Waals surface area contributed by atoms with Crippen molar-refractivity contribution in [3.8, 4) is 9.88 Å². The van der Waals surface area contributed by atoms with E-state index in [2.05, 4.69) is 10.3 Å². The van der Waals surface area contributed by atoms with E-state index >= 15 is 0 Å². The molecule has 4 nitrogen and oxygen atoms in total. The fourth-order valence-corrected chi connectivity index (χ4v) is 3.60. The first-order valence-corrected chi connectivity index (χ1v) is 8.26. The monoisotopic (exact) mass is 310 g/mol. The molecule has 0 radical (unpaired) electrons. The Balaban J connectivity index is 1.89. The van der Waals surface area contributed by atoms with Crippen LogP contribution in [0.25, 0.3) is 9.88 Å². The van der Waals surface area contributed by atoms with E-state index in [0.717, 1.165) is 15.6 Å². The number of thiazole rings is 1. The second-order valence-corrected chi connectivity index (χ2v) is 6.66. The van der Waals surface area contributed by atoms with Gasteiger partial charge in [0.2, 0.25) is 5.91 Å². The third-order valence-electron chi connectivity index (χ3n) is 2.73. The number of aliphatic hydroxyl groups excluding tert-OH is 1. The number of carbonyl (C=O) groups excluding carboxylic acids is 1. The molecule has 2 rings (SSSR count). The van der Waals surface area contributed by atoms with Crippen LogP contribution in [-0.4, -0.2) is 28.1 Å². The molecule has 0 saturated carbocycles. The molecular weight excluding hydrogens is 292 g/mol. The van der Waals surface area contributed by atoms with Crippen molar-refractivity contribution in [1.82, 2.24) is 10.3 Å². The zero-order valence-corrected chi connectivity index (χ0v) is 13.1. The van der Waals surface area contributed by atoms with Crippen molar-refractivity contribution in [2.45, 2.75) is 38.8 Å². The van der Waals surface area contributed by atoms with E-state index in [1.807, 2.05) is 29.8 Å². The van der Waals surface area contributed by atoms with Crippen molar-refractivity contribution in [3.63, 3.8) is 0 Å². The number of nitrogens with one attached hydrogen (secondary N) is 1. The molecule has 0 fully saturated rings. The molecule has 2 unspecified atom stereocenters. The van der Waals surface area contributed by atoms with E-state index in [4.69, 9.17) is 0 Å². The number of carbonyl (C=O) groups is 1. The van der Waals surface area contributed by atoms with Crippen LogP contribution in [0.2, 0.25) is 0 Å². The lowest BCUT2D eigenvalue weighted by atomic mass is 10.1. The highest BCUT2D eigenvalue weighted by Crippen LogP contribution is 2.27. The van der Waals surface area contributed by atoms with E-state index in [0.29, 0.717) is 6.42 Å². The summed E-state index contributed by atoms with van der Waals surface area (Å²) in [5.41, 5.74) is 0.792. The van der Waals surface area contributed by atoms with Gasteiger partial charge in [-0.15, -0.1) is 22.7 Å². The van der Waals surface area contributed by atoms with Crippen molar-refractivity contribution < 1.29 is 9.90 Å². The summed E-state index contributed by atoms with van der Waals surface area (Å²) in [6.07, 6.45) is 0.435. The normalized spacial score (nSPS) is 13.9. The van der Waals surface area contributed by atoms with Crippen molar-refractivity contribution >= 4 is 28.6 Å². The number of rotatable bonds is 6. The number of hydrogen-bond donors (Lipinski definition) is 2. The first-order chi connectivity index (χ1) is 9.54. The molecule has 0 aliphatic heterocycles. The fourth-order valence-electron chi connectivity index (χ4n) is 1.96. The zero-order valence-electron chi connectivity index (χ0n) is 11.5. The maximum absolute atomic E-state index is 11.9. The Morgan fingerprint density at radius 1 is 1.45 bits per heavy atom. The summed E-state index contributed by atoms with van der Waals surface area (Å²) in [6.45, 7) is 3.61. The number of hydrogen-bond acceptors (Lipinski definition) is 5. The summed E-state index contributed by atoms with van der Waals surface area (Å²) in [5.74, 6) is -0.0545. The molecule has 6 heteroatoms. The molecule has 2 aromatic rings. The van der Waals surface area contributed by atoms with Crippen LogP contribution in [0.5, 0.6) is 0 Å². The Bertz CT molecular complexity index is 549. The molecule has 0 spiro atoms. The zero-order chi connectivity index (χ0) is 14.5. The average molecular weight is 310 g/mol. The smallest absolute Gasteiger partial charge is 0.226 e. The summed E-state index contributed by atoms with van der Waals surface area (Å²) in [4.78, 5) is 17.5. The molecule has 0 aliphatic carbocycles. The fraction of sp³-hybridized carbons (Fsp3) is 0.429. The minimum Gasteiger partial charge on any atom is -0.393 e. The highest BCUT2D eigenvalue weighted by Gasteiger charge is 2.13. The van der Waals surface area contributed by atoms with Crippen molar-refractivity contribution in [2.75, 3.05) is 0 Å². The van der Waals surface area contributed by atoms with Gasteiger partial charge in [0, 0.05) is 11.4 Å². The van der Waals surface area contributed by atoms with E-state index in [9.17, 15) is 9.90 Å². The third kappa shape index (κ3) is 4.40. The van der Waals surface area contributed by atoms with Crippen LogP contribution in [-0.2, 0) is 11.2 Å². The summed E-state index contributed by atoms with van der Waals surface area (Å²) in [7, 11) is 0. The van der Waals surface area contributed by atoms with E-state index < -0.39 is 6.10 Å². The topological polar surface area (TPSA) is 62.2 Å². The Hall–Kier alpha value is -1.24. The summed E-state index contributed by atoms with van der Waals surface area (Å²) >= 11 is 3.20. The van der Waals surface area contributed by atoms with Gasteiger partial charge < -0.3 is 10.4 Å². The molecule has 0 saturated heterocycles. The van der Waals surface area contributed by atoms with Gasteiger partial charge in [0.15, 0.2) is 0 Å². The Morgan fingerprint density at radius 2 is 2.25 bits per heavy atom. The Kier molecular flexibility index (Phi) is 5.28. The van der Waals surface area contributed by atoms with Gasteiger partial charge in [-0.05, 0) is 31.7 Å². The molecule has 2 atom stereocenters. The molecule has 2 heterocycles. The second kappa shape index (κ2) is 6.97. The molecule has 2 aromatic heterocycles. The molecule has 2 N–H and O–H groups in total. The number of aromatic nitrogens is 1. The molecular formula is C14H18N2O2S2. The van der Waals surface area contributed by atoms with Gasteiger partial charge in [0.05, 0.1) is 23.1 Å². The van der Waals surface area contributed by atoms with Crippen LogP contribution < -0.4 is 5.32 Å². The molecule has 20 heavy (non-hydrogen) atoms. The minimum absolute atomic E-state index is 0.0297. The van der Waals surface area contributed by atoms with Crippen LogP contribution in [0.15, 0.2) is 22.9 Å². The molecule has 0 aromatic carbocycles. The maximum Gasteiger partial charge on any atom is 0.226 e. The van der Waals surface area contributed by atoms with Crippen LogP contribution in [0.4, 0.5) is 0 Å². The number of aliphatic hydroxyl groups is 1. The van der Waals surface area contributed by atoms with Crippen molar-refractivity contribution in [1.29, 1.82) is 0 Å². The van der Waals surface area contributed by atoms with Gasteiger partial charge in [0.1, 0.15) is 5.01 Å². The number of nitrogens with zero attached hydrogens (tertiary/aromatic N) is 1. The van der Waals surface area contributed by atoms with Crippen LogP contribution in [0, 0.1) is 0 Å². The van der Waals surface area contributed by atoms with Gasteiger partial charge >= 0.3 is 0 Å². The standard InChI is InChI=1S/C14H18N2O2S2/c1-9(6-10(2)17)15-13(18)7-11-8-20-14(16-11)12-4-3-5-19-12/h3-5,8-10,17H,6-7H2,1-2H3,(H,15,18). The van der Waals surface area contributed by atoms with Gasteiger partial charge in [-0.3, -0.25) is 4.79 Å². The maximum atomic E-state index is 11.9. The second-order valence-electron chi connectivity index (χ2n) is 4.85. The average Bonchev–Trinajstić information content (AvgIpc) is 2.96. The molecule has 108 valence electrons. The quantitative estimate of drug-likeness (QED) is 0.862. The number of thiophene rings is 1. The third-order valence-corrected chi connectivity index (χ3v) is 4.66. The Morgan fingerprint density at radius 3 is 2.90 bits per heavy atom. The highest BCUT2D eigenvalue weighted by molar-refractivity contribution is 7.20. The lowest BCUT2D eigenvalue weighted by molar-refractivity contribution is -0.121. The van der Waals surface area contributed by atoms with Gasteiger partial charge in [-0.1, -0.05) is 6.07 Å². The SMILES string of the molecule is CC(O)CC(C)NC(=O)Cc1csc(-c2cccs2)n1. The van der Waals surface area contributed by atoms with Gasteiger partial charge in [-0.2, -0.15) is 0 Å². The predicted molar refractivity (Wildman–Crippen MR) is 83.0 cm³/mol. The lowest BCUT2D eigenvalue weighted by Gasteiger charge is -2.14. The van der Waals surface area contributed by atoms with Crippen LogP contribution >= 0.6 is 22.7 Å². The van der Waals surface area contributed by atoms with Crippen molar-refractivity contribution in [3.05, 3.63) is 28.6 Å². The molecule has 0 bridgehead atoms. The lowest BCUT2D eigenvalue weighted by Crippen LogP contribution is -2.35. The summed E-state index contributed by atoms with van der Waals surface area (Å²) in [6, 6.07) is 3.99. The first kappa shape index (κ1) is 15.2. The van der Waals surface area contributed by atoms with Gasteiger partial charge in [-0.25, -0.2) is 4.98 Å². The minimum atomic E-state index is -0.407. The molecule has 0 aliphatic rings. The summed E-state index contributed by atoms with van der Waals surface area (Å²) < 4.78 is 0. The van der Waals surface area contributed by atoms with Crippen LogP contribution in [0.3, 0.4) is 0 Å². The van der Waals surface area contributed by atoms with Gasteiger partial charge in [0.25, 0.3) is 0 Å². The summed E-state index contributed by atoms with van der Waals surface area (Å²) in [5, 5.41) is 17.0. The van der Waals surface area contributed by atoms with E-state index in [-0.39, 0.29) is 18.4 Å². The van der Waals surface area contributed by atoms with Crippen LogP contribution in [0.1, 0.15) is 26.0 Å². The first-order valence-electron chi connectivity index (χ1n) is 6.50. The van der Waals surface area contributed by atoms with E-state index in [1.54, 1.807) is 29.6 Å². The van der Waals surface area contributed by atoms with Crippen molar-refractivity contribution in [2.24, 2.45) is 0 Å². The molecule has 1 amide bonds. The largest absolute Gasteiger partial charge is 0.393 e. The predicted octanol–water partition coefficient (Wildman–Crippen LogP) is 2.69. The van der Waals surface area contributed by atoms with E-state index in [1.165, 1.54) is 0 Å². The number of amides is 1. The highest BCUT2D eigenvalue weighted by atomic mass is 32.1. The Labute approximate surface area is 126 Å².